The summed E-state index contributed by atoms with van der Waals surface area (Å²) in [6.07, 6.45) is 5.75. The third-order valence-electron chi connectivity index (χ3n) is 5.62. The van der Waals surface area contributed by atoms with Gasteiger partial charge in [-0.05, 0) is 67.1 Å². The van der Waals surface area contributed by atoms with Crippen LogP contribution in [0.2, 0.25) is 0 Å². The molecule has 0 radical (unpaired) electrons. The second-order valence-corrected chi connectivity index (χ2v) is 8.74. The molecule has 4 rings (SSSR count). The largest absolute Gasteiger partial charge is 0.371 e. The number of anilines is 1. The van der Waals surface area contributed by atoms with E-state index >= 15 is 0 Å². The van der Waals surface area contributed by atoms with Crippen molar-refractivity contribution in [2.45, 2.75) is 38.4 Å². The maximum Gasteiger partial charge on any atom is 0.251 e. The molecule has 3 heterocycles. The summed E-state index contributed by atoms with van der Waals surface area (Å²) in [5.74, 6) is -0.0594. The summed E-state index contributed by atoms with van der Waals surface area (Å²) in [6.45, 7) is 4.79. The first-order chi connectivity index (χ1) is 14.7. The lowest BCUT2D eigenvalue weighted by Crippen LogP contribution is -2.43. The first kappa shape index (κ1) is 20.6. The van der Waals surface area contributed by atoms with Crippen LogP contribution in [0, 0.1) is 0 Å². The Morgan fingerprint density at radius 3 is 2.63 bits per heavy atom. The summed E-state index contributed by atoms with van der Waals surface area (Å²) in [7, 11) is 0. The van der Waals surface area contributed by atoms with E-state index in [0.29, 0.717) is 24.2 Å². The zero-order chi connectivity index (χ0) is 20.8. The predicted molar refractivity (Wildman–Crippen MR) is 123 cm³/mol. The molecule has 1 aliphatic heterocycles. The smallest absolute Gasteiger partial charge is 0.251 e. The van der Waals surface area contributed by atoms with E-state index < -0.39 is 0 Å². The number of carbonyl (C=O) groups is 1. The second kappa shape index (κ2) is 9.87. The number of hydrogen-bond acceptors (Lipinski definition) is 5. The second-order valence-electron chi connectivity index (χ2n) is 7.76. The quantitative estimate of drug-likeness (QED) is 0.595. The monoisotopic (exact) mass is 420 g/mol. The van der Waals surface area contributed by atoms with Crippen LogP contribution in [0.5, 0.6) is 0 Å². The Hall–Kier alpha value is -2.70. The first-order valence-corrected chi connectivity index (χ1v) is 11.4. The number of nitrogens with one attached hydrogen (secondary N) is 2. The standard InChI is InChI=1S/C24H28N4OS/c1-18(23-5-3-15-30-23)27-21-10-13-28(14-11-21)22-8-6-20(7-9-22)24(29)26-17-19-4-2-12-25-16-19/h2-9,12,15-16,18,21,27H,10-11,13-14,17H2,1H3,(H,26,29)/t18-/m1/s1. The fraction of sp³-hybridized carbons (Fsp3) is 0.333. The van der Waals surface area contributed by atoms with Gasteiger partial charge in [0.2, 0.25) is 0 Å². The lowest BCUT2D eigenvalue weighted by Gasteiger charge is -2.35. The van der Waals surface area contributed by atoms with Gasteiger partial charge in [-0.3, -0.25) is 9.78 Å². The van der Waals surface area contributed by atoms with Crippen molar-refractivity contribution < 1.29 is 4.79 Å². The van der Waals surface area contributed by atoms with E-state index in [2.05, 4.69) is 57.1 Å². The van der Waals surface area contributed by atoms with E-state index in [1.54, 1.807) is 12.4 Å². The average Bonchev–Trinajstić information content (AvgIpc) is 3.34. The van der Waals surface area contributed by atoms with Crippen molar-refractivity contribution in [3.05, 3.63) is 82.3 Å². The minimum atomic E-state index is -0.0594. The maximum absolute atomic E-state index is 12.4. The van der Waals surface area contributed by atoms with Gasteiger partial charge in [-0.15, -0.1) is 11.3 Å². The number of hydrogen-bond donors (Lipinski definition) is 2. The summed E-state index contributed by atoms with van der Waals surface area (Å²) in [5, 5.41) is 8.86. The molecule has 1 fully saturated rings. The van der Waals surface area contributed by atoms with E-state index in [-0.39, 0.29) is 5.91 Å². The number of benzene rings is 1. The fourth-order valence-electron chi connectivity index (χ4n) is 3.89. The van der Waals surface area contributed by atoms with Crippen molar-refractivity contribution in [2.75, 3.05) is 18.0 Å². The third kappa shape index (κ3) is 5.26. The molecule has 2 aromatic heterocycles. The van der Waals surface area contributed by atoms with Crippen LogP contribution in [0.15, 0.2) is 66.3 Å². The highest BCUT2D eigenvalue weighted by Gasteiger charge is 2.21. The Balaban J connectivity index is 1.26. The van der Waals surface area contributed by atoms with Gasteiger partial charge in [0.15, 0.2) is 0 Å². The van der Waals surface area contributed by atoms with Crippen molar-refractivity contribution >= 4 is 22.9 Å². The van der Waals surface area contributed by atoms with Crippen LogP contribution in [0.4, 0.5) is 5.69 Å². The van der Waals surface area contributed by atoms with Gasteiger partial charge in [-0.25, -0.2) is 0 Å². The van der Waals surface area contributed by atoms with Crippen molar-refractivity contribution in [1.29, 1.82) is 0 Å². The molecular formula is C24H28N4OS. The summed E-state index contributed by atoms with van der Waals surface area (Å²) in [6, 6.07) is 17.0. The van der Waals surface area contributed by atoms with Crippen LogP contribution in [-0.4, -0.2) is 30.0 Å². The zero-order valence-corrected chi connectivity index (χ0v) is 18.1. The highest BCUT2D eigenvalue weighted by Crippen LogP contribution is 2.24. The van der Waals surface area contributed by atoms with Crippen molar-refractivity contribution in [3.63, 3.8) is 0 Å². The molecule has 1 aromatic carbocycles. The van der Waals surface area contributed by atoms with Gasteiger partial charge in [-0.1, -0.05) is 12.1 Å². The molecule has 0 spiro atoms. The molecule has 0 saturated carbocycles. The van der Waals surface area contributed by atoms with Gasteiger partial charge in [-0.2, -0.15) is 0 Å². The van der Waals surface area contributed by atoms with Gasteiger partial charge in [0.1, 0.15) is 0 Å². The summed E-state index contributed by atoms with van der Waals surface area (Å²) >= 11 is 1.81. The Kier molecular flexibility index (Phi) is 6.77. The van der Waals surface area contributed by atoms with Gasteiger partial charge < -0.3 is 15.5 Å². The molecule has 2 N–H and O–H groups in total. The number of carbonyl (C=O) groups excluding carboxylic acids is 1. The molecule has 0 aliphatic carbocycles. The number of aromatic nitrogens is 1. The van der Waals surface area contributed by atoms with Gasteiger partial charge in [0.05, 0.1) is 0 Å². The molecule has 156 valence electrons. The first-order valence-electron chi connectivity index (χ1n) is 10.5. The number of pyridine rings is 1. The molecule has 0 bridgehead atoms. The van der Waals surface area contributed by atoms with E-state index in [0.717, 1.165) is 31.5 Å². The van der Waals surface area contributed by atoms with Gasteiger partial charge in [0, 0.05) is 60.2 Å². The fourth-order valence-corrected chi connectivity index (χ4v) is 4.63. The average molecular weight is 421 g/mol. The van der Waals surface area contributed by atoms with Crippen molar-refractivity contribution in [1.82, 2.24) is 15.6 Å². The van der Waals surface area contributed by atoms with Gasteiger partial charge in [0.25, 0.3) is 5.91 Å². The minimum Gasteiger partial charge on any atom is -0.371 e. The summed E-state index contributed by atoms with van der Waals surface area (Å²) in [4.78, 5) is 20.3. The SMILES string of the molecule is C[C@@H](NC1CCN(c2ccc(C(=O)NCc3cccnc3)cc2)CC1)c1cccs1. The Morgan fingerprint density at radius 2 is 1.97 bits per heavy atom. The molecule has 1 atom stereocenters. The molecule has 1 aliphatic rings. The maximum atomic E-state index is 12.4. The molecule has 1 saturated heterocycles. The van der Waals surface area contributed by atoms with Crippen LogP contribution in [0.3, 0.4) is 0 Å². The summed E-state index contributed by atoms with van der Waals surface area (Å²) in [5.41, 5.74) is 2.86. The molecule has 0 unspecified atom stereocenters. The molecular weight excluding hydrogens is 392 g/mol. The topological polar surface area (TPSA) is 57.3 Å². The molecule has 5 nitrogen and oxygen atoms in total. The van der Waals surface area contributed by atoms with E-state index in [1.165, 1.54) is 10.6 Å². The molecule has 3 aromatic rings. The summed E-state index contributed by atoms with van der Waals surface area (Å²) < 4.78 is 0. The highest BCUT2D eigenvalue weighted by atomic mass is 32.1. The molecule has 30 heavy (non-hydrogen) atoms. The Bertz CT molecular complexity index is 920. The zero-order valence-electron chi connectivity index (χ0n) is 17.3. The lowest BCUT2D eigenvalue weighted by molar-refractivity contribution is 0.0951. The van der Waals surface area contributed by atoms with Crippen LogP contribution in [0.25, 0.3) is 0 Å². The normalized spacial score (nSPS) is 15.7. The number of piperidine rings is 1. The molecule has 6 heteroatoms. The number of rotatable bonds is 7. The highest BCUT2D eigenvalue weighted by molar-refractivity contribution is 7.10. The van der Waals surface area contributed by atoms with Crippen LogP contribution in [0.1, 0.15) is 46.6 Å². The van der Waals surface area contributed by atoms with Crippen LogP contribution < -0.4 is 15.5 Å². The molecule has 1 amide bonds. The Labute approximate surface area is 182 Å². The van der Waals surface area contributed by atoms with Crippen LogP contribution in [-0.2, 0) is 6.54 Å². The minimum absolute atomic E-state index is 0.0594. The van der Waals surface area contributed by atoms with Gasteiger partial charge >= 0.3 is 0 Å². The number of thiophene rings is 1. The van der Waals surface area contributed by atoms with E-state index in [1.807, 2.05) is 35.6 Å². The van der Waals surface area contributed by atoms with Crippen molar-refractivity contribution in [2.24, 2.45) is 0 Å². The Morgan fingerprint density at radius 1 is 1.17 bits per heavy atom. The van der Waals surface area contributed by atoms with Crippen molar-refractivity contribution in [3.8, 4) is 0 Å². The van der Waals surface area contributed by atoms with Crippen LogP contribution >= 0.6 is 11.3 Å². The van der Waals surface area contributed by atoms with E-state index in [9.17, 15) is 4.79 Å². The number of amides is 1. The third-order valence-corrected chi connectivity index (χ3v) is 6.68. The van der Waals surface area contributed by atoms with E-state index in [4.69, 9.17) is 0 Å². The predicted octanol–water partition coefficient (Wildman–Crippen LogP) is 4.39. The lowest BCUT2D eigenvalue weighted by atomic mass is 10.0. The number of nitrogens with zero attached hydrogens (tertiary/aromatic N) is 2.